The first-order valence-corrected chi connectivity index (χ1v) is 6.28. The highest BCUT2D eigenvalue weighted by atomic mass is 14.9. The normalized spacial score (nSPS) is 11.8. The molecule has 0 spiro atoms. The van der Waals surface area contributed by atoms with Gasteiger partial charge in [-0.05, 0) is 31.0 Å². The van der Waals surface area contributed by atoms with Crippen molar-refractivity contribution < 1.29 is 0 Å². The lowest BCUT2D eigenvalue weighted by Crippen LogP contribution is -2.09. The number of benzene rings is 2. The third-order valence-corrected chi connectivity index (χ3v) is 3.00. The minimum absolute atomic E-state index is 0.283. The molecule has 0 bridgehead atoms. The molecule has 92 valence electrons. The minimum Gasteiger partial charge on any atom is -0.378 e. The van der Waals surface area contributed by atoms with E-state index in [9.17, 15) is 0 Å². The third kappa shape index (κ3) is 3.24. The van der Waals surface area contributed by atoms with Crippen LogP contribution in [0.3, 0.4) is 0 Å². The van der Waals surface area contributed by atoms with Gasteiger partial charge in [-0.3, -0.25) is 0 Å². The van der Waals surface area contributed by atoms with E-state index < -0.39 is 0 Å². The number of aryl methyl sites for hydroxylation is 1. The van der Waals surface area contributed by atoms with Gasteiger partial charge in [0.2, 0.25) is 0 Å². The van der Waals surface area contributed by atoms with Crippen molar-refractivity contribution >= 4 is 5.69 Å². The average Bonchev–Trinajstić information content (AvgIpc) is 2.40. The molecule has 0 fully saturated rings. The number of rotatable bonds is 5. The molecule has 1 atom stereocenters. The second-order valence-electron chi connectivity index (χ2n) is 4.50. The Bertz CT molecular complexity index is 485. The van der Waals surface area contributed by atoms with Crippen molar-refractivity contribution in [2.75, 3.05) is 5.32 Å². The summed E-state index contributed by atoms with van der Waals surface area (Å²) in [6.07, 6.45) is 2.87. The predicted molar refractivity (Wildman–Crippen MR) is 78.8 cm³/mol. The summed E-state index contributed by atoms with van der Waals surface area (Å²) in [5.74, 6) is 0. The number of anilines is 1. The van der Waals surface area contributed by atoms with Crippen LogP contribution in [-0.2, 0) is 0 Å². The van der Waals surface area contributed by atoms with Gasteiger partial charge in [-0.25, -0.2) is 0 Å². The zero-order valence-corrected chi connectivity index (χ0v) is 10.8. The highest BCUT2D eigenvalue weighted by molar-refractivity contribution is 5.45. The summed E-state index contributed by atoms with van der Waals surface area (Å²) in [6.45, 7) is 5.95. The van der Waals surface area contributed by atoms with Crippen molar-refractivity contribution in [1.82, 2.24) is 0 Å². The van der Waals surface area contributed by atoms with Crippen molar-refractivity contribution in [3.05, 3.63) is 78.4 Å². The molecule has 0 aliphatic carbocycles. The first-order valence-electron chi connectivity index (χ1n) is 6.28. The molecule has 1 heteroatoms. The largest absolute Gasteiger partial charge is 0.378 e. The van der Waals surface area contributed by atoms with E-state index in [2.05, 4.69) is 55.2 Å². The molecule has 1 N–H and O–H groups in total. The molecule has 2 aromatic carbocycles. The van der Waals surface area contributed by atoms with Crippen LogP contribution in [0.5, 0.6) is 0 Å². The van der Waals surface area contributed by atoms with Gasteiger partial charge in [-0.1, -0.05) is 54.1 Å². The summed E-state index contributed by atoms with van der Waals surface area (Å²) < 4.78 is 0. The van der Waals surface area contributed by atoms with Crippen LogP contribution < -0.4 is 5.32 Å². The molecule has 0 radical (unpaired) electrons. The molecule has 18 heavy (non-hydrogen) atoms. The van der Waals surface area contributed by atoms with Crippen LogP contribution in [0.4, 0.5) is 5.69 Å². The first-order chi connectivity index (χ1) is 8.79. The van der Waals surface area contributed by atoms with Crippen molar-refractivity contribution in [2.24, 2.45) is 0 Å². The van der Waals surface area contributed by atoms with Gasteiger partial charge in [0.25, 0.3) is 0 Å². The Kier molecular flexibility index (Phi) is 4.19. The van der Waals surface area contributed by atoms with E-state index in [1.54, 1.807) is 0 Å². The Balaban J connectivity index is 2.18. The number of nitrogens with one attached hydrogen (secondary N) is 1. The fraction of sp³-hybridized carbons (Fsp3) is 0.176. The van der Waals surface area contributed by atoms with Gasteiger partial charge in [0.1, 0.15) is 0 Å². The van der Waals surface area contributed by atoms with Crippen molar-refractivity contribution in [2.45, 2.75) is 19.4 Å². The highest BCUT2D eigenvalue weighted by Crippen LogP contribution is 2.23. The molecule has 0 heterocycles. The molecule has 0 amide bonds. The standard InChI is InChI=1S/C17H19N/c1-3-7-17(15-12-10-14(2)11-13-15)18-16-8-5-4-6-9-16/h3-6,8-13,17-18H,1,7H2,2H3/t17-/m1/s1. The second-order valence-corrected chi connectivity index (χ2v) is 4.50. The molecular weight excluding hydrogens is 218 g/mol. The van der Waals surface area contributed by atoms with Crippen LogP contribution in [-0.4, -0.2) is 0 Å². The van der Waals surface area contributed by atoms with E-state index >= 15 is 0 Å². The Morgan fingerprint density at radius 3 is 2.33 bits per heavy atom. The molecule has 0 aliphatic heterocycles. The Labute approximate surface area is 109 Å². The minimum atomic E-state index is 0.283. The quantitative estimate of drug-likeness (QED) is 0.742. The summed E-state index contributed by atoms with van der Waals surface area (Å²) in [4.78, 5) is 0. The second kappa shape index (κ2) is 6.06. The average molecular weight is 237 g/mol. The number of hydrogen-bond donors (Lipinski definition) is 1. The third-order valence-electron chi connectivity index (χ3n) is 3.00. The summed E-state index contributed by atoms with van der Waals surface area (Å²) in [5.41, 5.74) is 3.73. The molecule has 0 unspecified atom stereocenters. The lowest BCUT2D eigenvalue weighted by atomic mass is 10.0. The maximum absolute atomic E-state index is 3.85. The van der Waals surface area contributed by atoms with Crippen molar-refractivity contribution in [1.29, 1.82) is 0 Å². The SMILES string of the molecule is C=CC[C@@H](Nc1ccccc1)c1ccc(C)cc1. The summed E-state index contributed by atoms with van der Waals surface area (Å²) in [7, 11) is 0. The highest BCUT2D eigenvalue weighted by Gasteiger charge is 2.08. The lowest BCUT2D eigenvalue weighted by molar-refractivity contribution is 0.798. The molecular formula is C17H19N. The van der Waals surface area contributed by atoms with Crippen molar-refractivity contribution in [3.8, 4) is 0 Å². The van der Waals surface area contributed by atoms with Crippen LogP contribution in [0.2, 0.25) is 0 Å². The van der Waals surface area contributed by atoms with Gasteiger partial charge >= 0.3 is 0 Å². The van der Waals surface area contributed by atoms with Crippen LogP contribution in [0.25, 0.3) is 0 Å². The molecule has 1 nitrogen and oxygen atoms in total. The molecule has 2 aromatic rings. The molecule has 0 aliphatic rings. The topological polar surface area (TPSA) is 12.0 Å². The Morgan fingerprint density at radius 2 is 1.72 bits per heavy atom. The van der Waals surface area contributed by atoms with E-state index in [0.29, 0.717) is 0 Å². The fourth-order valence-corrected chi connectivity index (χ4v) is 1.98. The van der Waals surface area contributed by atoms with E-state index in [1.807, 2.05) is 24.3 Å². The molecule has 0 saturated carbocycles. The number of para-hydroxylation sites is 1. The molecule has 2 rings (SSSR count). The monoisotopic (exact) mass is 237 g/mol. The van der Waals surface area contributed by atoms with Crippen LogP contribution in [0.1, 0.15) is 23.6 Å². The summed E-state index contributed by atoms with van der Waals surface area (Å²) in [5, 5.41) is 3.54. The van der Waals surface area contributed by atoms with Gasteiger partial charge < -0.3 is 5.32 Å². The zero-order valence-electron chi connectivity index (χ0n) is 10.8. The van der Waals surface area contributed by atoms with Crippen LogP contribution in [0.15, 0.2) is 67.3 Å². The van der Waals surface area contributed by atoms with Crippen LogP contribution in [0, 0.1) is 6.92 Å². The molecule has 0 aromatic heterocycles. The van der Waals surface area contributed by atoms with E-state index in [4.69, 9.17) is 0 Å². The zero-order chi connectivity index (χ0) is 12.8. The van der Waals surface area contributed by atoms with Gasteiger partial charge in [-0.2, -0.15) is 0 Å². The van der Waals surface area contributed by atoms with E-state index in [0.717, 1.165) is 12.1 Å². The smallest absolute Gasteiger partial charge is 0.0548 e. The Hall–Kier alpha value is -2.02. The van der Waals surface area contributed by atoms with Gasteiger partial charge in [0, 0.05) is 5.69 Å². The molecule has 0 saturated heterocycles. The van der Waals surface area contributed by atoms with Crippen molar-refractivity contribution in [3.63, 3.8) is 0 Å². The Morgan fingerprint density at radius 1 is 1.06 bits per heavy atom. The van der Waals surface area contributed by atoms with Crippen LogP contribution >= 0.6 is 0 Å². The maximum atomic E-state index is 3.85. The maximum Gasteiger partial charge on any atom is 0.0548 e. The predicted octanol–water partition coefficient (Wildman–Crippen LogP) is 4.72. The van der Waals surface area contributed by atoms with E-state index in [1.165, 1.54) is 11.1 Å². The van der Waals surface area contributed by atoms with E-state index in [-0.39, 0.29) is 6.04 Å². The number of hydrogen-bond acceptors (Lipinski definition) is 1. The first kappa shape index (κ1) is 12.4. The van der Waals surface area contributed by atoms with Gasteiger partial charge in [-0.15, -0.1) is 6.58 Å². The summed E-state index contributed by atoms with van der Waals surface area (Å²) >= 11 is 0. The fourth-order valence-electron chi connectivity index (χ4n) is 1.98. The lowest BCUT2D eigenvalue weighted by Gasteiger charge is -2.19. The summed E-state index contributed by atoms with van der Waals surface area (Å²) in [6, 6.07) is 19.2. The van der Waals surface area contributed by atoms with Gasteiger partial charge in [0.15, 0.2) is 0 Å². The van der Waals surface area contributed by atoms with Gasteiger partial charge in [0.05, 0.1) is 6.04 Å².